The summed E-state index contributed by atoms with van der Waals surface area (Å²) in [5.41, 5.74) is 4.47. The van der Waals surface area contributed by atoms with Crippen LogP contribution in [0.5, 0.6) is 0 Å². The van der Waals surface area contributed by atoms with Crippen molar-refractivity contribution >= 4 is 0 Å². The second kappa shape index (κ2) is 5.04. The monoisotopic (exact) mass is 264 g/mol. The zero-order chi connectivity index (χ0) is 13.4. The SMILES string of the molecule is c1ccc([C@@H]2CN3CCNC[C@H]3c3ccccc32)cc1. The van der Waals surface area contributed by atoms with Crippen molar-refractivity contribution < 1.29 is 0 Å². The predicted octanol–water partition coefficient (Wildman–Crippen LogP) is 2.78. The minimum atomic E-state index is 0.516. The number of hydrogen-bond acceptors (Lipinski definition) is 2. The highest BCUT2D eigenvalue weighted by molar-refractivity contribution is 5.42. The summed E-state index contributed by atoms with van der Waals surface area (Å²) in [5, 5.41) is 3.54. The quantitative estimate of drug-likeness (QED) is 0.852. The Hall–Kier alpha value is -1.64. The first kappa shape index (κ1) is 12.1. The summed E-state index contributed by atoms with van der Waals surface area (Å²) in [6, 6.07) is 20.5. The fourth-order valence-corrected chi connectivity index (χ4v) is 3.71. The molecule has 2 aliphatic heterocycles. The summed E-state index contributed by atoms with van der Waals surface area (Å²) in [4.78, 5) is 2.65. The van der Waals surface area contributed by atoms with Crippen LogP contribution in [0.15, 0.2) is 54.6 Å². The fourth-order valence-electron chi connectivity index (χ4n) is 3.71. The van der Waals surface area contributed by atoms with E-state index >= 15 is 0 Å². The van der Waals surface area contributed by atoms with Crippen LogP contribution in [0.3, 0.4) is 0 Å². The van der Waals surface area contributed by atoms with Crippen LogP contribution in [0.4, 0.5) is 0 Å². The molecule has 0 bridgehead atoms. The van der Waals surface area contributed by atoms with E-state index in [1.807, 2.05) is 0 Å². The average molecular weight is 264 g/mol. The maximum absolute atomic E-state index is 3.54. The van der Waals surface area contributed by atoms with Crippen LogP contribution in [-0.2, 0) is 0 Å². The lowest BCUT2D eigenvalue weighted by atomic mass is 9.81. The normalized spacial score (nSPS) is 25.8. The van der Waals surface area contributed by atoms with E-state index in [4.69, 9.17) is 0 Å². The summed E-state index contributed by atoms with van der Waals surface area (Å²) in [6.07, 6.45) is 0. The van der Waals surface area contributed by atoms with Crippen molar-refractivity contribution in [3.63, 3.8) is 0 Å². The number of piperazine rings is 1. The second-order valence-electron chi connectivity index (χ2n) is 5.81. The first-order valence-corrected chi connectivity index (χ1v) is 7.52. The van der Waals surface area contributed by atoms with Gasteiger partial charge in [0.15, 0.2) is 0 Å². The average Bonchev–Trinajstić information content (AvgIpc) is 2.55. The maximum Gasteiger partial charge on any atom is 0.0476 e. The molecule has 2 aromatic rings. The van der Waals surface area contributed by atoms with E-state index in [2.05, 4.69) is 64.8 Å². The molecule has 102 valence electrons. The van der Waals surface area contributed by atoms with E-state index in [0.717, 1.165) is 26.2 Å². The number of fused-ring (bicyclic) bond motifs is 3. The van der Waals surface area contributed by atoms with Gasteiger partial charge >= 0.3 is 0 Å². The fraction of sp³-hybridized carbons (Fsp3) is 0.333. The van der Waals surface area contributed by atoms with Crippen molar-refractivity contribution in [3.8, 4) is 0 Å². The molecule has 0 amide bonds. The third-order valence-electron chi connectivity index (χ3n) is 4.70. The number of nitrogens with one attached hydrogen (secondary N) is 1. The number of rotatable bonds is 1. The van der Waals surface area contributed by atoms with Crippen LogP contribution in [0.1, 0.15) is 28.7 Å². The molecule has 0 aliphatic carbocycles. The Kier molecular flexibility index (Phi) is 3.06. The maximum atomic E-state index is 3.54. The summed E-state index contributed by atoms with van der Waals surface area (Å²) in [5.74, 6) is 0.516. The van der Waals surface area contributed by atoms with Gasteiger partial charge in [-0.3, -0.25) is 4.90 Å². The van der Waals surface area contributed by atoms with Crippen LogP contribution < -0.4 is 5.32 Å². The topological polar surface area (TPSA) is 15.3 Å². The molecule has 2 nitrogen and oxygen atoms in total. The van der Waals surface area contributed by atoms with Gasteiger partial charge in [-0.15, -0.1) is 0 Å². The van der Waals surface area contributed by atoms with Gasteiger partial charge in [-0.1, -0.05) is 54.6 Å². The Morgan fingerprint density at radius 3 is 2.50 bits per heavy atom. The molecule has 2 atom stereocenters. The summed E-state index contributed by atoms with van der Waals surface area (Å²) in [6.45, 7) is 4.49. The van der Waals surface area contributed by atoms with E-state index in [0.29, 0.717) is 12.0 Å². The lowest BCUT2D eigenvalue weighted by molar-refractivity contribution is 0.143. The van der Waals surface area contributed by atoms with Crippen molar-refractivity contribution in [3.05, 3.63) is 71.3 Å². The Labute approximate surface area is 120 Å². The van der Waals surface area contributed by atoms with Gasteiger partial charge in [0.1, 0.15) is 0 Å². The first-order chi connectivity index (χ1) is 9.93. The number of hydrogen-bond donors (Lipinski definition) is 1. The largest absolute Gasteiger partial charge is 0.314 e. The molecule has 4 rings (SSSR count). The molecule has 1 N–H and O–H groups in total. The first-order valence-electron chi connectivity index (χ1n) is 7.52. The smallest absolute Gasteiger partial charge is 0.0476 e. The Morgan fingerprint density at radius 2 is 1.65 bits per heavy atom. The molecular formula is C18H20N2. The van der Waals surface area contributed by atoms with Crippen LogP contribution in [0.2, 0.25) is 0 Å². The molecule has 0 spiro atoms. The van der Waals surface area contributed by atoms with Crippen molar-refractivity contribution in [2.45, 2.75) is 12.0 Å². The predicted molar refractivity (Wildman–Crippen MR) is 81.9 cm³/mol. The zero-order valence-electron chi connectivity index (χ0n) is 11.6. The van der Waals surface area contributed by atoms with Crippen molar-refractivity contribution in [2.24, 2.45) is 0 Å². The van der Waals surface area contributed by atoms with Gasteiger partial charge in [-0.05, 0) is 16.7 Å². The van der Waals surface area contributed by atoms with Gasteiger partial charge in [0.05, 0.1) is 0 Å². The molecule has 1 saturated heterocycles. The molecule has 2 aliphatic rings. The third-order valence-corrected chi connectivity index (χ3v) is 4.70. The van der Waals surface area contributed by atoms with Crippen molar-refractivity contribution in [1.29, 1.82) is 0 Å². The zero-order valence-corrected chi connectivity index (χ0v) is 11.6. The van der Waals surface area contributed by atoms with Crippen LogP contribution in [-0.4, -0.2) is 31.1 Å². The van der Waals surface area contributed by atoms with Gasteiger partial charge in [0, 0.05) is 38.1 Å². The summed E-state index contributed by atoms with van der Waals surface area (Å²) in [7, 11) is 0. The van der Waals surface area contributed by atoms with Gasteiger partial charge in [0.2, 0.25) is 0 Å². The molecule has 2 aromatic carbocycles. The highest BCUT2D eigenvalue weighted by Gasteiger charge is 2.34. The second-order valence-corrected chi connectivity index (χ2v) is 5.81. The minimum absolute atomic E-state index is 0.516. The van der Waals surface area contributed by atoms with E-state index in [9.17, 15) is 0 Å². The minimum Gasteiger partial charge on any atom is -0.314 e. The van der Waals surface area contributed by atoms with E-state index < -0.39 is 0 Å². The molecular weight excluding hydrogens is 244 g/mol. The van der Waals surface area contributed by atoms with Crippen LogP contribution in [0, 0.1) is 0 Å². The van der Waals surface area contributed by atoms with Gasteiger partial charge in [-0.25, -0.2) is 0 Å². The highest BCUT2D eigenvalue weighted by atomic mass is 15.2. The van der Waals surface area contributed by atoms with Crippen molar-refractivity contribution in [1.82, 2.24) is 10.2 Å². The van der Waals surface area contributed by atoms with Gasteiger partial charge < -0.3 is 5.32 Å². The lowest BCUT2D eigenvalue weighted by Crippen LogP contribution is -2.50. The van der Waals surface area contributed by atoms with Gasteiger partial charge in [-0.2, -0.15) is 0 Å². The Morgan fingerprint density at radius 1 is 0.900 bits per heavy atom. The van der Waals surface area contributed by atoms with Gasteiger partial charge in [0.25, 0.3) is 0 Å². The molecule has 2 heteroatoms. The summed E-state index contributed by atoms with van der Waals surface area (Å²) < 4.78 is 0. The van der Waals surface area contributed by atoms with E-state index in [1.165, 1.54) is 16.7 Å². The number of nitrogens with zero attached hydrogens (tertiary/aromatic N) is 1. The standard InChI is InChI=1S/C18H20N2/c1-2-6-14(7-3-1)17-13-20-11-10-19-12-18(20)16-9-5-4-8-15(16)17/h1-9,17-19H,10-13H2/t17-,18-/m0/s1. The Bertz CT molecular complexity index is 593. The number of benzene rings is 2. The van der Waals surface area contributed by atoms with Crippen molar-refractivity contribution in [2.75, 3.05) is 26.2 Å². The molecule has 0 radical (unpaired) electrons. The van der Waals surface area contributed by atoms with Crippen LogP contribution >= 0.6 is 0 Å². The van der Waals surface area contributed by atoms with E-state index in [1.54, 1.807) is 0 Å². The molecule has 2 heterocycles. The Balaban J connectivity index is 1.81. The van der Waals surface area contributed by atoms with E-state index in [-0.39, 0.29) is 0 Å². The van der Waals surface area contributed by atoms with Crippen LogP contribution in [0.25, 0.3) is 0 Å². The third kappa shape index (κ3) is 1.96. The molecule has 20 heavy (non-hydrogen) atoms. The molecule has 1 fully saturated rings. The highest BCUT2D eigenvalue weighted by Crippen LogP contribution is 2.39. The molecule has 0 saturated carbocycles. The molecule has 0 aromatic heterocycles. The lowest BCUT2D eigenvalue weighted by Gasteiger charge is -2.44. The molecule has 0 unspecified atom stereocenters. The summed E-state index contributed by atoms with van der Waals surface area (Å²) >= 11 is 0.